The second kappa shape index (κ2) is 12.5. The summed E-state index contributed by atoms with van der Waals surface area (Å²) in [5.74, 6) is 3.11. The third-order valence-electron chi connectivity index (χ3n) is 10.7. The lowest BCUT2D eigenvalue weighted by Gasteiger charge is -2.58. The van der Waals surface area contributed by atoms with Crippen LogP contribution in [0.25, 0.3) is 0 Å². The Morgan fingerprint density at radius 1 is 1.15 bits per heavy atom. The van der Waals surface area contributed by atoms with Gasteiger partial charge in [0.25, 0.3) is 6.47 Å². The van der Waals surface area contributed by atoms with E-state index in [0.29, 0.717) is 61.4 Å². The SMILES string of the molecule is C/C(=N\OC(=O)N(CCNCC(C)C)CCOC=O)[C@H]1CC[C@H]2[C@@H]3CCC4=CC(=O)CC[C@]4(C)[C@H]3CC[C@]12C. The van der Waals surface area contributed by atoms with Crippen LogP contribution in [0, 0.1) is 40.4 Å². The van der Waals surface area contributed by atoms with E-state index in [0.717, 1.165) is 37.9 Å². The zero-order chi connectivity index (χ0) is 28.2. The van der Waals surface area contributed by atoms with Crippen LogP contribution in [0.2, 0.25) is 0 Å². The summed E-state index contributed by atoms with van der Waals surface area (Å²) >= 11 is 0. The highest BCUT2D eigenvalue weighted by Gasteiger charge is 2.59. The maximum absolute atomic E-state index is 12.9. The van der Waals surface area contributed by atoms with E-state index in [-0.39, 0.29) is 24.0 Å². The first kappa shape index (κ1) is 29.8. The summed E-state index contributed by atoms with van der Waals surface area (Å²) in [6.07, 6.45) is 10.0. The number of allylic oxidation sites excluding steroid dienone is 1. The lowest BCUT2D eigenvalue weighted by Crippen LogP contribution is -2.51. The van der Waals surface area contributed by atoms with E-state index in [1.807, 2.05) is 13.0 Å². The van der Waals surface area contributed by atoms with E-state index in [9.17, 15) is 14.4 Å². The van der Waals surface area contributed by atoms with Crippen molar-refractivity contribution >= 4 is 24.1 Å². The molecule has 8 nitrogen and oxygen atoms in total. The number of carbonyl (C=O) groups is 3. The normalized spacial score (nSPS) is 34.1. The number of ketones is 1. The van der Waals surface area contributed by atoms with Gasteiger partial charge in [-0.2, -0.15) is 0 Å². The second-order valence-electron chi connectivity index (χ2n) is 13.3. The van der Waals surface area contributed by atoms with Gasteiger partial charge in [-0.1, -0.05) is 38.4 Å². The molecular formula is C31H49N3O5. The second-order valence-corrected chi connectivity index (χ2v) is 13.3. The van der Waals surface area contributed by atoms with Gasteiger partial charge >= 0.3 is 6.09 Å². The van der Waals surface area contributed by atoms with Crippen molar-refractivity contribution in [2.24, 2.45) is 45.6 Å². The summed E-state index contributed by atoms with van der Waals surface area (Å²) in [7, 11) is 0. The van der Waals surface area contributed by atoms with Crippen LogP contribution in [0.3, 0.4) is 0 Å². The number of nitrogens with one attached hydrogen (secondary N) is 1. The summed E-state index contributed by atoms with van der Waals surface area (Å²) in [4.78, 5) is 42.7. The molecule has 0 radical (unpaired) electrons. The summed E-state index contributed by atoms with van der Waals surface area (Å²) in [5, 5.41) is 7.72. The smallest absolute Gasteiger partial charge is 0.436 e. The molecule has 4 aliphatic carbocycles. The molecule has 39 heavy (non-hydrogen) atoms. The van der Waals surface area contributed by atoms with Crippen LogP contribution in [0.5, 0.6) is 0 Å². The van der Waals surface area contributed by atoms with E-state index in [4.69, 9.17) is 9.57 Å². The number of hydrogen-bond donors (Lipinski definition) is 1. The van der Waals surface area contributed by atoms with Gasteiger partial charge in [0, 0.05) is 25.4 Å². The van der Waals surface area contributed by atoms with Crippen molar-refractivity contribution in [2.75, 3.05) is 32.8 Å². The summed E-state index contributed by atoms with van der Waals surface area (Å²) in [5.41, 5.74) is 2.64. The van der Waals surface area contributed by atoms with Gasteiger partial charge in [-0.05, 0) is 99.0 Å². The predicted molar refractivity (Wildman–Crippen MR) is 151 cm³/mol. The summed E-state index contributed by atoms with van der Waals surface area (Å²) in [6, 6.07) is 0. The third kappa shape index (κ3) is 6.26. The average Bonchev–Trinajstić information content (AvgIpc) is 3.26. The number of hydrogen-bond acceptors (Lipinski definition) is 7. The van der Waals surface area contributed by atoms with E-state index < -0.39 is 6.09 Å². The molecule has 0 aromatic heterocycles. The topological polar surface area (TPSA) is 97.3 Å². The summed E-state index contributed by atoms with van der Waals surface area (Å²) < 4.78 is 4.82. The van der Waals surface area contributed by atoms with Crippen LogP contribution in [-0.4, -0.2) is 61.7 Å². The highest BCUT2D eigenvalue weighted by Crippen LogP contribution is 2.66. The fourth-order valence-electron chi connectivity index (χ4n) is 8.59. The van der Waals surface area contributed by atoms with Crippen LogP contribution in [0.1, 0.15) is 86.0 Å². The molecule has 0 heterocycles. The van der Waals surface area contributed by atoms with Crippen LogP contribution in [-0.2, 0) is 19.2 Å². The molecular weight excluding hydrogens is 494 g/mol. The van der Waals surface area contributed by atoms with Gasteiger partial charge in [-0.3, -0.25) is 14.4 Å². The van der Waals surface area contributed by atoms with Gasteiger partial charge in [0.15, 0.2) is 5.78 Å². The number of ether oxygens (including phenoxy) is 1. The standard InChI is InChI=1S/C31H49N3O5/c1-21(2)19-32-14-15-34(16-17-38-20-35)29(37)39-33-22(3)26-8-9-27-25-7-6-23-18-24(36)10-12-30(23,4)28(25)11-13-31(26,27)5/h18,20-21,25-28,32H,6-17,19H2,1-5H3/b33-22+/t25-,26+,27-,28-,30-,31+/m0/s1. The third-order valence-corrected chi connectivity index (χ3v) is 10.7. The molecule has 6 atom stereocenters. The molecule has 0 spiro atoms. The Hall–Kier alpha value is -2.22. The number of oxime groups is 1. The van der Waals surface area contributed by atoms with E-state index >= 15 is 0 Å². The largest absolute Gasteiger partial charge is 0.466 e. The monoisotopic (exact) mass is 543 g/mol. The molecule has 4 rings (SSSR count). The molecule has 0 unspecified atom stereocenters. The Bertz CT molecular complexity index is 977. The Morgan fingerprint density at radius 3 is 2.69 bits per heavy atom. The Labute approximate surface area is 234 Å². The number of amides is 1. The maximum Gasteiger partial charge on any atom is 0.436 e. The van der Waals surface area contributed by atoms with Crippen LogP contribution >= 0.6 is 0 Å². The average molecular weight is 544 g/mol. The van der Waals surface area contributed by atoms with Crippen LogP contribution < -0.4 is 5.32 Å². The van der Waals surface area contributed by atoms with Gasteiger partial charge < -0.3 is 15.0 Å². The number of carbonyl (C=O) groups excluding carboxylic acids is 3. The van der Waals surface area contributed by atoms with Gasteiger partial charge in [0.05, 0.1) is 12.3 Å². The molecule has 3 fully saturated rings. The first-order valence-electron chi connectivity index (χ1n) is 15.1. The molecule has 8 heteroatoms. The van der Waals surface area contributed by atoms with Gasteiger partial charge in [-0.25, -0.2) is 4.79 Å². The molecule has 1 N–H and O–H groups in total. The molecule has 0 aliphatic heterocycles. The van der Waals surface area contributed by atoms with E-state index in [1.54, 1.807) is 4.90 Å². The van der Waals surface area contributed by atoms with Crippen LogP contribution in [0.15, 0.2) is 16.8 Å². The Balaban J connectivity index is 1.39. The highest BCUT2D eigenvalue weighted by atomic mass is 16.7. The van der Waals surface area contributed by atoms with Gasteiger partial charge in [0.2, 0.25) is 0 Å². The van der Waals surface area contributed by atoms with Crippen LogP contribution in [0.4, 0.5) is 4.79 Å². The lowest BCUT2D eigenvalue weighted by molar-refractivity contribution is -0.129. The minimum Gasteiger partial charge on any atom is -0.466 e. The minimum absolute atomic E-state index is 0.125. The molecule has 0 aromatic carbocycles. The Kier molecular flexibility index (Phi) is 9.56. The van der Waals surface area contributed by atoms with Crippen molar-refractivity contribution in [1.82, 2.24) is 10.2 Å². The number of rotatable bonds is 11. The van der Waals surface area contributed by atoms with E-state index in [2.05, 4.69) is 38.2 Å². The molecule has 0 bridgehead atoms. The van der Waals surface area contributed by atoms with Gasteiger partial charge in [-0.15, -0.1) is 0 Å². The lowest BCUT2D eigenvalue weighted by atomic mass is 9.46. The summed E-state index contributed by atoms with van der Waals surface area (Å²) in [6.45, 7) is 13.9. The fourth-order valence-corrected chi connectivity index (χ4v) is 8.59. The molecule has 218 valence electrons. The van der Waals surface area contributed by atoms with Crippen molar-refractivity contribution in [3.05, 3.63) is 11.6 Å². The molecule has 4 aliphatic rings. The van der Waals surface area contributed by atoms with Crippen molar-refractivity contribution in [3.8, 4) is 0 Å². The number of nitrogens with zero attached hydrogens (tertiary/aromatic N) is 2. The maximum atomic E-state index is 12.9. The van der Waals surface area contributed by atoms with Crippen molar-refractivity contribution in [1.29, 1.82) is 0 Å². The van der Waals surface area contributed by atoms with E-state index in [1.165, 1.54) is 24.8 Å². The quantitative estimate of drug-likeness (QED) is 0.124. The van der Waals surface area contributed by atoms with Crippen molar-refractivity contribution in [3.63, 3.8) is 0 Å². The zero-order valence-electron chi connectivity index (χ0n) is 24.7. The fraction of sp³-hybridized carbons (Fsp3) is 0.806. The molecule has 0 saturated heterocycles. The van der Waals surface area contributed by atoms with Crippen molar-refractivity contribution in [2.45, 2.75) is 86.0 Å². The Morgan fingerprint density at radius 2 is 1.95 bits per heavy atom. The van der Waals surface area contributed by atoms with Crippen molar-refractivity contribution < 1.29 is 24.0 Å². The van der Waals surface area contributed by atoms with Gasteiger partial charge in [0.1, 0.15) is 6.61 Å². The molecule has 3 saturated carbocycles. The first-order valence-corrected chi connectivity index (χ1v) is 15.1. The molecule has 1 amide bonds. The minimum atomic E-state index is -0.509. The highest BCUT2D eigenvalue weighted by molar-refractivity contribution is 5.91. The first-order chi connectivity index (χ1) is 18.6. The zero-order valence-corrected chi connectivity index (χ0v) is 24.7. The molecule has 0 aromatic rings. The number of fused-ring (bicyclic) bond motifs is 5. The predicted octanol–water partition coefficient (Wildman–Crippen LogP) is 5.37.